The second-order valence-corrected chi connectivity index (χ2v) is 11.5. The molecular formula is C28H33Cl2N3O10S. The Hall–Kier alpha value is -3.63. The summed E-state index contributed by atoms with van der Waals surface area (Å²) in [6.45, 7) is 1.84. The first kappa shape index (κ1) is 36.6. The Labute approximate surface area is 264 Å². The van der Waals surface area contributed by atoms with Crippen LogP contribution in [0, 0.1) is 0 Å². The summed E-state index contributed by atoms with van der Waals surface area (Å²) in [5.74, 6) is -2.84. The van der Waals surface area contributed by atoms with Gasteiger partial charge in [-0.05, 0) is 60.7 Å². The first-order chi connectivity index (χ1) is 20.9. The number of carboxylic acid groups (broad SMARTS) is 2. The monoisotopic (exact) mass is 673 g/mol. The summed E-state index contributed by atoms with van der Waals surface area (Å²) in [7, 11) is -3.88. The number of aliphatic carboxylic acids is 2. The van der Waals surface area contributed by atoms with E-state index >= 15 is 0 Å². The molecule has 0 bridgehead atoms. The molecule has 3 rings (SSSR count). The predicted molar refractivity (Wildman–Crippen MR) is 165 cm³/mol. The van der Waals surface area contributed by atoms with Gasteiger partial charge < -0.3 is 41.0 Å². The van der Waals surface area contributed by atoms with Crippen molar-refractivity contribution in [3.05, 3.63) is 82.8 Å². The van der Waals surface area contributed by atoms with Crippen molar-refractivity contribution in [2.24, 2.45) is 5.73 Å². The topological polar surface area (TPSA) is 209 Å². The number of carbonyl (C=O) groups is 2. The van der Waals surface area contributed by atoms with Crippen LogP contribution in [-0.2, 0) is 24.3 Å². The maximum absolute atomic E-state index is 13.5. The molecule has 0 aliphatic heterocycles. The second kappa shape index (κ2) is 18.2. The highest BCUT2D eigenvalue weighted by molar-refractivity contribution is 7.92. The number of hydrogen-bond acceptors (Lipinski definition) is 10. The number of aliphatic hydroxyl groups excluding tert-OH is 2. The SMILES string of the molecule is NCCOCCN(c1ccccc1NCCOc1ccc(Cl)cc1)S(=O)(=O)c1ccc(Cl)cc1.O=C(O)C(O)C(O)C(=O)O. The number of rotatable bonds is 16. The van der Waals surface area contributed by atoms with E-state index in [0.29, 0.717) is 53.5 Å². The fraction of sp³-hybridized carbons (Fsp3) is 0.286. The van der Waals surface area contributed by atoms with E-state index in [1.165, 1.54) is 16.4 Å². The van der Waals surface area contributed by atoms with Gasteiger partial charge in [0.15, 0.2) is 12.2 Å². The Morgan fingerprint density at radius 2 is 1.39 bits per heavy atom. The maximum Gasteiger partial charge on any atom is 0.335 e. The summed E-state index contributed by atoms with van der Waals surface area (Å²) < 4.78 is 39.6. The Balaban J connectivity index is 0.000000580. The van der Waals surface area contributed by atoms with E-state index in [1.807, 2.05) is 12.1 Å². The summed E-state index contributed by atoms with van der Waals surface area (Å²) in [4.78, 5) is 19.7. The highest BCUT2D eigenvalue weighted by Crippen LogP contribution is 2.31. The standard InChI is InChI=1S/C24H27Cl2N3O4S.C4H6O6/c25-19-5-9-21(10-6-19)33-17-14-28-23-3-1-2-4-24(23)29(15-18-32-16-13-27)34(30,31)22-11-7-20(26)8-12-22;5-1(3(7)8)2(6)4(9)10/h1-12,28H,13-18,27H2;1-2,5-6H,(H,7,8)(H,9,10). The maximum atomic E-state index is 13.5. The summed E-state index contributed by atoms with van der Waals surface area (Å²) in [6, 6.07) is 20.4. The number of aliphatic hydroxyl groups is 2. The molecule has 0 radical (unpaired) electrons. The lowest BCUT2D eigenvalue weighted by atomic mass is 10.2. The minimum absolute atomic E-state index is 0.116. The van der Waals surface area contributed by atoms with Crippen molar-refractivity contribution in [2.45, 2.75) is 17.1 Å². The Morgan fingerprint density at radius 3 is 1.93 bits per heavy atom. The molecule has 0 saturated heterocycles. The molecule has 0 aromatic heterocycles. The average Bonchev–Trinajstić information content (AvgIpc) is 3.00. The molecule has 0 heterocycles. The van der Waals surface area contributed by atoms with Crippen LogP contribution >= 0.6 is 23.2 Å². The second-order valence-electron chi connectivity index (χ2n) is 8.74. The van der Waals surface area contributed by atoms with Gasteiger partial charge in [-0.3, -0.25) is 4.31 Å². The number of nitrogens with zero attached hydrogens (tertiary/aromatic N) is 1. The number of nitrogens with two attached hydrogens (primary N) is 1. The molecule has 7 N–H and O–H groups in total. The van der Waals surface area contributed by atoms with Crippen molar-refractivity contribution < 1.29 is 47.9 Å². The van der Waals surface area contributed by atoms with Gasteiger partial charge in [0.05, 0.1) is 36.0 Å². The highest BCUT2D eigenvalue weighted by Gasteiger charge is 2.29. The number of benzene rings is 3. The number of hydrogen-bond donors (Lipinski definition) is 6. The van der Waals surface area contributed by atoms with Crippen LogP contribution in [0.15, 0.2) is 77.7 Å². The fourth-order valence-corrected chi connectivity index (χ4v) is 5.15. The summed E-state index contributed by atoms with van der Waals surface area (Å²) in [5, 5.41) is 36.9. The van der Waals surface area contributed by atoms with Crippen LogP contribution < -0.4 is 20.1 Å². The van der Waals surface area contributed by atoms with Crippen molar-refractivity contribution in [1.82, 2.24) is 0 Å². The van der Waals surface area contributed by atoms with Gasteiger partial charge in [-0.25, -0.2) is 18.0 Å². The number of ether oxygens (including phenoxy) is 2. The third-order valence-electron chi connectivity index (χ3n) is 5.58. The van der Waals surface area contributed by atoms with Crippen molar-refractivity contribution in [3.8, 4) is 5.75 Å². The molecule has 0 fully saturated rings. The van der Waals surface area contributed by atoms with E-state index in [-0.39, 0.29) is 18.0 Å². The molecule has 0 spiro atoms. The first-order valence-electron chi connectivity index (χ1n) is 13.0. The molecule has 0 aliphatic carbocycles. The van der Waals surface area contributed by atoms with Crippen molar-refractivity contribution in [1.29, 1.82) is 0 Å². The Bertz CT molecular complexity index is 1430. The molecule has 0 amide bonds. The van der Waals surface area contributed by atoms with E-state index in [4.69, 9.17) is 58.8 Å². The molecule has 240 valence electrons. The van der Waals surface area contributed by atoms with Crippen molar-refractivity contribution >= 4 is 56.5 Å². The van der Waals surface area contributed by atoms with Gasteiger partial charge in [0.2, 0.25) is 0 Å². The molecule has 13 nitrogen and oxygen atoms in total. The normalized spacial score (nSPS) is 12.3. The number of sulfonamides is 1. The van der Waals surface area contributed by atoms with E-state index in [2.05, 4.69) is 5.32 Å². The van der Waals surface area contributed by atoms with E-state index in [1.54, 1.807) is 48.5 Å². The van der Waals surface area contributed by atoms with Crippen LogP contribution in [0.5, 0.6) is 5.75 Å². The molecule has 2 atom stereocenters. The van der Waals surface area contributed by atoms with E-state index in [0.717, 1.165) is 0 Å². The molecule has 0 saturated carbocycles. The summed E-state index contributed by atoms with van der Waals surface area (Å²) in [6.07, 6.45) is -4.53. The van der Waals surface area contributed by atoms with Crippen LogP contribution in [0.25, 0.3) is 0 Å². The van der Waals surface area contributed by atoms with Crippen LogP contribution in [0.1, 0.15) is 0 Å². The van der Waals surface area contributed by atoms with Gasteiger partial charge in [0, 0.05) is 23.1 Å². The van der Waals surface area contributed by atoms with Crippen molar-refractivity contribution in [2.75, 3.05) is 49.1 Å². The lowest BCUT2D eigenvalue weighted by molar-refractivity contribution is -0.165. The van der Waals surface area contributed by atoms with Gasteiger partial charge in [-0.2, -0.15) is 0 Å². The summed E-state index contributed by atoms with van der Waals surface area (Å²) >= 11 is 11.9. The zero-order valence-electron chi connectivity index (χ0n) is 23.3. The molecule has 3 aromatic rings. The van der Waals surface area contributed by atoms with Gasteiger partial charge in [0.1, 0.15) is 12.4 Å². The number of nitrogens with one attached hydrogen (secondary N) is 1. The summed E-state index contributed by atoms with van der Waals surface area (Å²) in [5.41, 5.74) is 6.64. The van der Waals surface area contributed by atoms with Gasteiger partial charge in [-0.1, -0.05) is 35.3 Å². The predicted octanol–water partition coefficient (Wildman–Crippen LogP) is 2.53. The Kier molecular flexibility index (Phi) is 15.2. The van der Waals surface area contributed by atoms with E-state index < -0.39 is 34.2 Å². The number of para-hydroxylation sites is 2. The number of anilines is 2. The third kappa shape index (κ3) is 11.5. The minimum atomic E-state index is -3.88. The smallest absolute Gasteiger partial charge is 0.335 e. The Morgan fingerprint density at radius 1 is 0.841 bits per heavy atom. The fourth-order valence-electron chi connectivity index (χ4n) is 3.43. The van der Waals surface area contributed by atoms with Gasteiger partial charge >= 0.3 is 11.9 Å². The zero-order chi connectivity index (χ0) is 32.7. The number of halogens is 2. The molecular weight excluding hydrogens is 641 g/mol. The molecule has 44 heavy (non-hydrogen) atoms. The van der Waals surface area contributed by atoms with Crippen LogP contribution in [-0.4, -0.2) is 92.4 Å². The molecule has 3 aromatic carbocycles. The van der Waals surface area contributed by atoms with E-state index in [9.17, 15) is 18.0 Å². The molecule has 16 heteroatoms. The van der Waals surface area contributed by atoms with Crippen LogP contribution in [0.3, 0.4) is 0 Å². The number of carboxylic acids is 2. The van der Waals surface area contributed by atoms with Gasteiger partial charge in [-0.15, -0.1) is 0 Å². The lowest BCUT2D eigenvalue weighted by Crippen LogP contribution is -2.39. The average molecular weight is 675 g/mol. The minimum Gasteiger partial charge on any atom is -0.492 e. The third-order valence-corrected chi connectivity index (χ3v) is 7.91. The molecule has 0 aliphatic rings. The quantitative estimate of drug-likeness (QED) is 0.121. The zero-order valence-corrected chi connectivity index (χ0v) is 25.6. The molecule has 2 unspecified atom stereocenters. The first-order valence-corrected chi connectivity index (χ1v) is 15.2. The van der Waals surface area contributed by atoms with Crippen LogP contribution in [0.4, 0.5) is 11.4 Å². The van der Waals surface area contributed by atoms with Crippen molar-refractivity contribution in [3.63, 3.8) is 0 Å². The lowest BCUT2D eigenvalue weighted by Gasteiger charge is -2.27. The highest BCUT2D eigenvalue weighted by atomic mass is 35.5. The van der Waals surface area contributed by atoms with Gasteiger partial charge in [0.25, 0.3) is 10.0 Å². The van der Waals surface area contributed by atoms with Crippen LogP contribution in [0.2, 0.25) is 10.0 Å². The largest absolute Gasteiger partial charge is 0.492 e.